The molecule has 0 heterocycles. The second-order valence-corrected chi connectivity index (χ2v) is 9.25. The molecule has 0 radical (unpaired) electrons. The van der Waals surface area contributed by atoms with Crippen molar-refractivity contribution < 1.29 is 0 Å². The smallest absolute Gasteiger partial charge is 0.0337 e. The first kappa shape index (κ1) is 19.5. The molecule has 0 aliphatic heterocycles. The van der Waals surface area contributed by atoms with Crippen LogP contribution < -0.4 is 11.5 Å². The summed E-state index contributed by atoms with van der Waals surface area (Å²) in [6.45, 7) is 1.18. The number of rotatable bonds is 5. The molecule has 0 saturated heterocycles. The van der Waals surface area contributed by atoms with Crippen LogP contribution in [0.1, 0.15) is 35.1 Å². The summed E-state index contributed by atoms with van der Waals surface area (Å²) in [7, 11) is 0. The quantitative estimate of drug-likeness (QED) is 0.444. The van der Waals surface area contributed by atoms with Gasteiger partial charge in [-0.05, 0) is 57.3 Å². The van der Waals surface area contributed by atoms with E-state index in [0.717, 1.165) is 12.8 Å². The molecule has 0 atom stereocenters. The molecular weight excluding hydrogens is 388 g/mol. The monoisotopic (exact) mass is 416 g/mol. The Kier molecular flexibility index (Phi) is 4.36. The Bertz CT molecular complexity index is 1130. The standard InChI is InChI=1S/C30H28N2/c31-19-29(25-13-5-1-9-21(25)22-10-2-6-14-26(22)29)17-18-30(20-32)27-15-7-3-11-23(27)24-12-4-8-16-28(24)30/h1-16H,17-20,31-32H2. The molecule has 0 bridgehead atoms. The minimum atomic E-state index is -0.193. The summed E-state index contributed by atoms with van der Waals surface area (Å²) in [5.74, 6) is 0. The van der Waals surface area contributed by atoms with Crippen molar-refractivity contribution in [1.29, 1.82) is 0 Å². The van der Waals surface area contributed by atoms with E-state index >= 15 is 0 Å². The van der Waals surface area contributed by atoms with Crippen molar-refractivity contribution in [2.45, 2.75) is 23.7 Å². The maximum atomic E-state index is 6.63. The highest BCUT2D eigenvalue weighted by atomic mass is 14.7. The first-order valence-corrected chi connectivity index (χ1v) is 11.5. The van der Waals surface area contributed by atoms with Gasteiger partial charge in [-0.3, -0.25) is 0 Å². The van der Waals surface area contributed by atoms with E-state index in [2.05, 4.69) is 97.1 Å². The second kappa shape index (κ2) is 7.16. The predicted molar refractivity (Wildman–Crippen MR) is 133 cm³/mol. The largest absolute Gasteiger partial charge is 0.329 e. The van der Waals surface area contributed by atoms with E-state index in [4.69, 9.17) is 11.5 Å². The Morgan fingerprint density at radius 3 is 0.906 bits per heavy atom. The molecule has 32 heavy (non-hydrogen) atoms. The van der Waals surface area contributed by atoms with E-state index in [-0.39, 0.29) is 10.8 Å². The lowest BCUT2D eigenvalue weighted by Gasteiger charge is -2.37. The van der Waals surface area contributed by atoms with Gasteiger partial charge in [-0.25, -0.2) is 0 Å². The first-order chi connectivity index (χ1) is 15.7. The number of hydrogen-bond acceptors (Lipinski definition) is 2. The van der Waals surface area contributed by atoms with Gasteiger partial charge in [0.1, 0.15) is 0 Å². The van der Waals surface area contributed by atoms with E-state index in [9.17, 15) is 0 Å². The third-order valence-corrected chi connectivity index (χ3v) is 8.03. The molecule has 0 unspecified atom stereocenters. The molecule has 0 fully saturated rings. The van der Waals surface area contributed by atoms with Gasteiger partial charge in [0.15, 0.2) is 0 Å². The average molecular weight is 417 g/mol. The molecule has 6 rings (SSSR count). The van der Waals surface area contributed by atoms with Crippen molar-refractivity contribution >= 4 is 0 Å². The first-order valence-electron chi connectivity index (χ1n) is 11.5. The molecule has 4 aromatic carbocycles. The van der Waals surface area contributed by atoms with Crippen LogP contribution in [0.3, 0.4) is 0 Å². The summed E-state index contributed by atoms with van der Waals surface area (Å²) in [6, 6.07) is 35.2. The van der Waals surface area contributed by atoms with Gasteiger partial charge in [-0.2, -0.15) is 0 Å². The number of fused-ring (bicyclic) bond motifs is 6. The normalized spacial score (nSPS) is 16.2. The molecule has 2 heteroatoms. The molecule has 2 aliphatic rings. The summed E-state index contributed by atoms with van der Waals surface area (Å²) in [6.07, 6.45) is 1.91. The zero-order chi connectivity index (χ0) is 21.8. The van der Waals surface area contributed by atoms with Crippen LogP contribution in [0.2, 0.25) is 0 Å². The molecule has 0 spiro atoms. The van der Waals surface area contributed by atoms with E-state index in [1.165, 1.54) is 44.5 Å². The lowest BCUT2D eigenvalue weighted by molar-refractivity contribution is 0.393. The number of hydrogen-bond donors (Lipinski definition) is 2. The maximum absolute atomic E-state index is 6.63. The minimum absolute atomic E-state index is 0.193. The summed E-state index contributed by atoms with van der Waals surface area (Å²) < 4.78 is 0. The van der Waals surface area contributed by atoms with Crippen LogP contribution in [0.25, 0.3) is 22.3 Å². The molecule has 0 amide bonds. The molecule has 158 valence electrons. The Hall–Kier alpha value is -3.20. The average Bonchev–Trinajstić information content (AvgIpc) is 3.31. The summed E-state index contributed by atoms with van der Waals surface area (Å²) in [5, 5.41) is 0. The van der Waals surface area contributed by atoms with Gasteiger partial charge in [0.2, 0.25) is 0 Å². The summed E-state index contributed by atoms with van der Waals surface area (Å²) in [4.78, 5) is 0. The van der Waals surface area contributed by atoms with Crippen LogP contribution in [-0.2, 0) is 10.8 Å². The third kappa shape index (κ3) is 2.42. The molecule has 0 saturated carbocycles. The van der Waals surface area contributed by atoms with E-state index < -0.39 is 0 Å². The Morgan fingerprint density at radius 1 is 0.406 bits per heavy atom. The van der Waals surface area contributed by atoms with Crippen molar-refractivity contribution in [2.24, 2.45) is 11.5 Å². The van der Waals surface area contributed by atoms with Crippen LogP contribution in [0.4, 0.5) is 0 Å². The molecule has 4 aromatic rings. The summed E-state index contributed by atoms with van der Waals surface area (Å²) >= 11 is 0. The fourth-order valence-electron chi connectivity index (χ4n) is 6.44. The number of benzene rings is 4. The fraction of sp³-hybridized carbons (Fsp3) is 0.200. The topological polar surface area (TPSA) is 52.0 Å². The van der Waals surface area contributed by atoms with Gasteiger partial charge < -0.3 is 11.5 Å². The van der Waals surface area contributed by atoms with Gasteiger partial charge in [-0.15, -0.1) is 0 Å². The third-order valence-electron chi connectivity index (χ3n) is 8.03. The van der Waals surface area contributed by atoms with E-state index in [1.54, 1.807) is 0 Å². The lowest BCUT2D eigenvalue weighted by Crippen LogP contribution is -2.40. The molecule has 0 aromatic heterocycles. The van der Waals surface area contributed by atoms with E-state index in [1.807, 2.05) is 0 Å². The number of nitrogens with two attached hydrogens (primary N) is 2. The van der Waals surface area contributed by atoms with Gasteiger partial charge >= 0.3 is 0 Å². The highest BCUT2D eigenvalue weighted by Crippen LogP contribution is 2.55. The van der Waals surface area contributed by atoms with Crippen LogP contribution in [0.15, 0.2) is 97.1 Å². The summed E-state index contributed by atoms with van der Waals surface area (Å²) in [5.41, 5.74) is 23.6. The van der Waals surface area contributed by atoms with Crippen LogP contribution in [-0.4, -0.2) is 13.1 Å². The van der Waals surface area contributed by atoms with Crippen molar-refractivity contribution in [3.63, 3.8) is 0 Å². The van der Waals surface area contributed by atoms with Crippen molar-refractivity contribution in [1.82, 2.24) is 0 Å². The predicted octanol–water partition coefficient (Wildman–Crippen LogP) is 5.62. The van der Waals surface area contributed by atoms with Crippen LogP contribution in [0.5, 0.6) is 0 Å². The molecule has 2 aliphatic carbocycles. The second-order valence-electron chi connectivity index (χ2n) is 9.25. The van der Waals surface area contributed by atoms with Crippen molar-refractivity contribution in [2.75, 3.05) is 13.1 Å². The van der Waals surface area contributed by atoms with E-state index in [0.29, 0.717) is 13.1 Å². The fourth-order valence-corrected chi connectivity index (χ4v) is 6.44. The molecule has 4 N–H and O–H groups in total. The Labute approximate surface area is 189 Å². The zero-order valence-electron chi connectivity index (χ0n) is 18.2. The Balaban J connectivity index is 1.50. The van der Waals surface area contributed by atoms with Crippen molar-refractivity contribution in [3.8, 4) is 22.3 Å². The van der Waals surface area contributed by atoms with Crippen molar-refractivity contribution in [3.05, 3.63) is 119 Å². The van der Waals surface area contributed by atoms with Crippen LogP contribution in [0, 0.1) is 0 Å². The maximum Gasteiger partial charge on any atom is 0.0337 e. The molecule has 2 nitrogen and oxygen atoms in total. The molecular formula is C30H28N2. The zero-order valence-corrected chi connectivity index (χ0v) is 18.2. The van der Waals surface area contributed by atoms with Gasteiger partial charge in [0, 0.05) is 23.9 Å². The van der Waals surface area contributed by atoms with Gasteiger partial charge in [0.05, 0.1) is 0 Å². The highest BCUT2D eigenvalue weighted by Gasteiger charge is 2.47. The van der Waals surface area contributed by atoms with Gasteiger partial charge in [-0.1, -0.05) is 97.1 Å². The highest BCUT2D eigenvalue weighted by molar-refractivity contribution is 5.82. The lowest BCUT2D eigenvalue weighted by atomic mass is 9.67. The Morgan fingerprint density at radius 2 is 0.656 bits per heavy atom. The SMILES string of the molecule is NCC1(CCC2(CN)c3ccccc3-c3ccccc32)c2ccccc2-c2ccccc21. The minimum Gasteiger partial charge on any atom is -0.329 e. The van der Waals surface area contributed by atoms with Gasteiger partial charge in [0.25, 0.3) is 0 Å². The van der Waals surface area contributed by atoms with Crippen LogP contribution >= 0.6 is 0 Å².